The van der Waals surface area contributed by atoms with Gasteiger partial charge in [0.15, 0.2) is 0 Å². The van der Waals surface area contributed by atoms with Crippen molar-refractivity contribution in [1.29, 1.82) is 0 Å². The maximum absolute atomic E-state index is 12.4. The van der Waals surface area contributed by atoms with Crippen molar-refractivity contribution in [3.05, 3.63) is 29.3 Å². The Morgan fingerprint density at radius 1 is 1.30 bits per heavy atom. The summed E-state index contributed by atoms with van der Waals surface area (Å²) >= 11 is 0. The fraction of sp³-hybridized carbons (Fsp3) is 0.583. The van der Waals surface area contributed by atoms with Crippen LogP contribution in [-0.2, 0) is 16.0 Å². The molecule has 6 heteroatoms. The second-order valence-electron chi connectivity index (χ2n) is 8.66. The van der Waals surface area contributed by atoms with Gasteiger partial charge in [0.1, 0.15) is 17.6 Å². The highest BCUT2D eigenvalue weighted by Gasteiger charge is 2.24. The van der Waals surface area contributed by atoms with E-state index in [-0.39, 0.29) is 24.0 Å². The van der Waals surface area contributed by atoms with E-state index in [2.05, 4.69) is 19.2 Å². The third-order valence-electron chi connectivity index (χ3n) is 5.52. The molecule has 1 aromatic carbocycles. The third kappa shape index (κ3) is 5.77. The number of ether oxygens (including phenoxy) is 2. The Labute approximate surface area is 179 Å². The lowest BCUT2D eigenvalue weighted by molar-refractivity contribution is -0.133. The van der Waals surface area contributed by atoms with Gasteiger partial charge < -0.3 is 19.7 Å². The van der Waals surface area contributed by atoms with Crippen molar-refractivity contribution in [3.63, 3.8) is 0 Å². The molecule has 0 saturated carbocycles. The number of carbonyl (C=O) groups is 2. The van der Waals surface area contributed by atoms with Crippen molar-refractivity contribution >= 4 is 17.9 Å². The summed E-state index contributed by atoms with van der Waals surface area (Å²) in [6.45, 7) is 10.1. The van der Waals surface area contributed by atoms with E-state index in [1.807, 2.05) is 30.9 Å². The van der Waals surface area contributed by atoms with Crippen molar-refractivity contribution in [2.45, 2.75) is 65.5 Å². The van der Waals surface area contributed by atoms with Crippen LogP contribution in [0.25, 0.3) is 6.08 Å². The number of nitrogens with one attached hydrogen (secondary N) is 1. The maximum atomic E-state index is 12.4. The lowest BCUT2D eigenvalue weighted by Crippen LogP contribution is -2.46. The minimum absolute atomic E-state index is 0.0980. The first kappa shape index (κ1) is 22.2. The van der Waals surface area contributed by atoms with Crippen LogP contribution in [0.1, 0.15) is 58.1 Å². The van der Waals surface area contributed by atoms with Crippen LogP contribution in [0.3, 0.4) is 0 Å². The van der Waals surface area contributed by atoms with Crippen LogP contribution in [0.5, 0.6) is 11.5 Å². The van der Waals surface area contributed by atoms with E-state index in [0.717, 1.165) is 41.9 Å². The van der Waals surface area contributed by atoms with Gasteiger partial charge in [-0.15, -0.1) is 0 Å². The van der Waals surface area contributed by atoms with E-state index in [0.29, 0.717) is 32.0 Å². The summed E-state index contributed by atoms with van der Waals surface area (Å²) < 4.78 is 11.6. The first-order valence-electron chi connectivity index (χ1n) is 11.1. The molecule has 1 aromatic rings. The van der Waals surface area contributed by atoms with E-state index in [1.54, 1.807) is 12.2 Å². The molecule has 1 unspecified atom stereocenters. The molecule has 1 N–H and O–H groups in total. The number of benzene rings is 1. The molecule has 0 aromatic heterocycles. The topological polar surface area (TPSA) is 67.9 Å². The second-order valence-corrected chi connectivity index (χ2v) is 8.66. The summed E-state index contributed by atoms with van der Waals surface area (Å²) in [6.07, 6.45) is 6.54. The van der Waals surface area contributed by atoms with Gasteiger partial charge in [-0.1, -0.05) is 13.8 Å². The number of amides is 2. The Kier molecular flexibility index (Phi) is 7.40. The number of likely N-dealkylation sites (tertiary alicyclic amines) is 1. The number of carbonyl (C=O) groups excluding carboxylic acids is 2. The average molecular weight is 415 g/mol. The fourth-order valence-corrected chi connectivity index (χ4v) is 4.03. The van der Waals surface area contributed by atoms with Gasteiger partial charge in [-0.2, -0.15) is 0 Å². The van der Waals surface area contributed by atoms with Crippen molar-refractivity contribution < 1.29 is 19.1 Å². The summed E-state index contributed by atoms with van der Waals surface area (Å²) in [4.78, 5) is 26.6. The molecule has 6 nitrogen and oxygen atoms in total. The monoisotopic (exact) mass is 414 g/mol. The quantitative estimate of drug-likeness (QED) is 0.693. The van der Waals surface area contributed by atoms with Crippen LogP contribution in [-0.4, -0.2) is 48.6 Å². The van der Waals surface area contributed by atoms with Crippen LogP contribution in [0.15, 0.2) is 18.2 Å². The predicted molar refractivity (Wildman–Crippen MR) is 118 cm³/mol. The van der Waals surface area contributed by atoms with Crippen LogP contribution >= 0.6 is 0 Å². The molecule has 2 aliphatic rings. The molecule has 0 aliphatic carbocycles. The number of piperidine rings is 1. The van der Waals surface area contributed by atoms with Crippen LogP contribution in [0, 0.1) is 5.92 Å². The van der Waals surface area contributed by atoms with Gasteiger partial charge in [0.2, 0.25) is 11.8 Å². The van der Waals surface area contributed by atoms with Gasteiger partial charge in [0.25, 0.3) is 0 Å². The van der Waals surface area contributed by atoms with E-state index in [1.165, 1.54) is 0 Å². The Balaban J connectivity index is 1.55. The molecule has 0 bridgehead atoms. The molecule has 164 valence electrons. The zero-order valence-corrected chi connectivity index (χ0v) is 18.6. The first-order chi connectivity index (χ1) is 14.4. The number of hydrogen-bond donors (Lipinski definition) is 1. The first-order valence-corrected chi connectivity index (χ1v) is 11.1. The number of nitrogens with zero attached hydrogens (tertiary/aromatic N) is 1. The number of rotatable bonds is 7. The van der Waals surface area contributed by atoms with Crippen LogP contribution < -0.4 is 14.8 Å². The fourth-order valence-electron chi connectivity index (χ4n) is 4.03. The highest BCUT2D eigenvalue weighted by atomic mass is 16.5. The molecule has 1 saturated heterocycles. The van der Waals surface area contributed by atoms with E-state index >= 15 is 0 Å². The van der Waals surface area contributed by atoms with Gasteiger partial charge in [-0.25, -0.2) is 0 Å². The number of fused-ring (bicyclic) bond motifs is 1. The molecule has 1 fully saturated rings. The van der Waals surface area contributed by atoms with Crippen molar-refractivity contribution in [2.24, 2.45) is 5.92 Å². The molecular formula is C24H34N2O4. The summed E-state index contributed by atoms with van der Waals surface area (Å²) in [5.41, 5.74) is 1.99. The average Bonchev–Trinajstić information content (AvgIpc) is 3.05. The summed E-state index contributed by atoms with van der Waals surface area (Å²) in [5, 5.41) is 3.06. The molecule has 0 spiro atoms. The molecule has 1 atom stereocenters. The summed E-state index contributed by atoms with van der Waals surface area (Å²) in [7, 11) is 0. The molecule has 30 heavy (non-hydrogen) atoms. The van der Waals surface area contributed by atoms with Gasteiger partial charge in [0, 0.05) is 49.2 Å². The van der Waals surface area contributed by atoms with Crippen molar-refractivity contribution in [1.82, 2.24) is 10.2 Å². The normalized spacial score (nSPS) is 19.1. The second kappa shape index (κ2) is 10.0. The van der Waals surface area contributed by atoms with Gasteiger partial charge in [-0.3, -0.25) is 9.59 Å². The smallest absolute Gasteiger partial charge is 0.244 e. The molecule has 0 radical (unpaired) electrons. The standard InChI is InChI=1S/C24H34N2O4/c1-5-29-21-15-19-13-17(4)30-22(19)14-18(21)6-7-23(27)25-20-8-10-26(11-9-20)24(28)12-16(2)3/h6-7,14-17,20H,5,8-13H2,1-4H3,(H,25,27)/b7-6+. The molecule has 3 rings (SSSR count). The molecular weight excluding hydrogens is 380 g/mol. The third-order valence-corrected chi connectivity index (χ3v) is 5.52. The van der Waals surface area contributed by atoms with Gasteiger partial charge in [0.05, 0.1) is 6.61 Å². The SMILES string of the molecule is CCOc1cc2c(cc1/C=C/C(=O)NC1CCN(C(=O)CC(C)C)CC1)OC(C)C2. The van der Waals surface area contributed by atoms with E-state index in [9.17, 15) is 9.59 Å². The summed E-state index contributed by atoms with van der Waals surface area (Å²) in [5.74, 6) is 2.10. The minimum Gasteiger partial charge on any atom is -0.493 e. The van der Waals surface area contributed by atoms with Gasteiger partial charge in [-0.05, 0) is 50.8 Å². The molecule has 2 heterocycles. The molecule has 2 aliphatic heterocycles. The number of hydrogen-bond acceptors (Lipinski definition) is 4. The van der Waals surface area contributed by atoms with E-state index < -0.39 is 0 Å². The largest absolute Gasteiger partial charge is 0.493 e. The van der Waals surface area contributed by atoms with Crippen LogP contribution in [0.2, 0.25) is 0 Å². The lowest BCUT2D eigenvalue weighted by Gasteiger charge is -2.32. The Bertz CT molecular complexity index is 795. The molecule has 2 amide bonds. The van der Waals surface area contributed by atoms with E-state index in [4.69, 9.17) is 9.47 Å². The Morgan fingerprint density at radius 3 is 2.70 bits per heavy atom. The van der Waals surface area contributed by atoms with Crippen molar-refractivity contribution in [2.75, 3.05) is 19.7 Å². The van der Waals surface area contributed by atoms with Gasteiger partial charge >= 0.3 is 0 Å². The van der Waals surface area contributed by atoms with Crippen molar-refractivity contribution in [3.8, 4) is 11.5 Å². The summed E-state index contributed by atoms with van der Waals surface area (Å²) in [6, 6.07) is 4.07. The minimum atomic E-state index is -0.126. The highest BCUT2D eigenvalue weighted by Crippen LogP contribution is 2.35. The zero-order chi connectivity index (χ0) is 21.7. The predicted octanol–water partition coefficient (Wildman–Crippen LogP) is 3.58. The zero-order valence-electron chi connectivity index (χ0n) is 18.6. The maximum Gasteiger partial charge on any atom is 0.244 e. The highest BCUT2D eigenvalue weighted by molar-refractivity contribution is 5.92. The van der Waals surface area contributed by atoms with Crippen LogP contribution in [0.4, 0.5) is 0 Å². The Morgan fingerprint density at radius 2 is 2.03 bits per heavy atom. The lowest BCUT2D eigenvalue weighted by atomic mass is 10.0. The Hall–Kier alpha value is -2.50.